The Morgan fingerprint density at radius 3 is 2.00 bits per heavy atom. The second-order valence-corrected chi connectivity index (χ2v) is 6.77. The first-order chi connectivity index (χ1) is 8.61. The average molecular weight is 250 g/mol. The van der Waals surface area contributed by atoms with Crippen LogP contribution in [0.2, 0.25) is 0 Å². The molecule has 0 heterocycles. The summed E-state index contributed by atoms with van der Waals surface area (Å²) in [5.41, 5.74) is -0.127. The van der Waals surface area contributed by atoms with Gasteiger partial charge in [0.1, 0.15) is 12.4 Å². The topological polar surface area (TPSA) is 43.4 Å². The summed E-state index contributed by atoms with van der Waals surface area (Å²) < 4.78 is 4.82. The number of hydrogen-bond acceptors (Lipinski definition) is 3. The highest BCUT2D eigenvalue weighted by Crippen LogP contribution is 2.60. The van der Waals surface area contributed by atoms with Crippen molar-refractivity contribution >= 4 is 11.6 Å². The van der Waals surface area contributed by atoms with E-state index in [2.05, 4.69) is 0 Å². The van der Waals surface area contributed by atoms with Gasteiger partial charge in [-0.2, -0.15) is 0 Å². The molecule has 4 rings (SSSR count). The highest BCUT2D eigenvalue weighted by atomic mass is 16.5. The summed E-state index contributed by atoms with van der Waals surface area (Å²) in [7, 11) is 1.51. The van der Waals surface area contributed by atoms with Crippen LogP contribution < -0.4 is 0 Å². The Bertz CT molecular complexity index is 337. The van der Waals surface area contributed by atoms with E-state index in [1.165, 1.54) is 26.4 Å². The van der Waals surface area contributed by atoms with Crippen molar-refractivity contribution in [2.24, 2.45) is 23.2 Å². The van der Waals surface area contributed by atoms with Crippen molar-refractivity contribution in [2.75, 3.05) is 13.7 Å². The number of hydrogen-bond donors (Lipinski definition) is 0. The molecule has 4 aliphatic rings. The second kappa shape index (κ2) is 4.44. The van der Waals surface area contributed by atoms with Gasteiger partial charge in [0.05, 0.1) is 6.42 Å². The van der Waals surface area contributed by atoms with Crippen LogP contribution >= 0.6 is 0 Å². The lowest BCUT2D eigenvalue weighted by molar-refractivity contribution is -0.146. The van der Waals surface area contributed by atoms with Crippen LogP contribution in [0.15, 0.2) is 0 Å². The minimum atomic E-state index is -0.127. The summed E-state index contributed by atoms with van der Waals surface area (Å²) in [4.78, 5) is 24.1. The zero-order valence-corrected chi connectivity index (χ0v) is 11.1. The lowest BCUT2D eigenvalue weighted by Crippen LogP contribution is -2.50. The highest BCUT2D eigenvalue weighted by Gasteiger charge is 2.54. The number of carbonyl (C=O) groups is 2. The van der Waals surface area contributed by atoms with E-state index in [9.17, 15) is 9.59 Å². The fourth-order valence-electron chi connectivity index (χ4n) is 5.03. The third-order valence-corrected chi connectivity index (χ3v) is 5.29. The fraction of sp³-hybridized carbons (Fsp3) is 0.867. The molecule has 0 radical (unpaired) electrons. The first-order valence-corrected chi connectivity index (χ1v) is 7.15. The highest BCUT2D eigenvalue weighted by molar-refractivity contribution is 6.02. The van der Waals surface area contributed by atoms with Crippen molar-refractivity contribution in [3.8, 4) is 0 Å². The third-order valence-electron chi connectivity index (χ3n) is 5.29. The lowest BCUT2D eigenvalue weighted by atomic mass is 9.48. The first-order valence-electron chi connectivity index (χ1n) is 7.15. The van der Waals surface area contributed by atoms with E-state index in [-0.39, 0.29) is 30.0 Å². The van der Waals surface area contributed by atoms with Crippen molar-refractivity contribution in [1.29, 1.82) is 0 Å². The first kappa shape index (κ1) is 12.3. The molecule has 0 N–H and O–H groups in total. The van der Waals surface area contributed by atoms with Crippen LogP contribution in [-0.4, -0.2) is 25.3 Å². The Hall–Kier alpha value is -0.700. The van der Waals surface area contributed by atoms with Crippen molar-refractivity contribution in [2.45, 2.75) is 44.9 Å². The van der Waals surface area contributed by atoms with E-state index in [1.807, 2.05) is 0 Å². The van der Waals surface area contributed by atoms with Crippen LogP contribution in [0.3, 0.4) is 0 Å². The number of methoxy groups -OCH3 is 1. The summed E-state index contributed by atoms with van der Waals surface area (Å²) >= 11 is 0. The molecule has 0 atom stereocenters. The minimum Gasteiger partial charge on any atom is -0.377 e. The molecule has 4 bridgehead atoms. The van der Waals surface area contributed by atoms with E-state index >= 15 is 0 Å². The molecule has 0 amide bonds. The van der Waals surface area contributed by atoms with E-state index in [1.54, 1.807) is 0 Å². The molecule has 0 aromatic rings. The van der Waals surface area contributed by atoms with E-state index in [4.69, 9.17) is 4.74 Å². The quantitative estimate of drug-likeness (QED) is 0.704. The number of ketones is 2. The number of carbonyl (C=O) groups excluding carboxylic acids is 2. The Morgan fingerprint density at radius 2 is 1.56 bits per heavy atom. The molecular weight excluding hydrogens is 228 g/mol. The Morgan fingerprint density at radius 1 is 1.06 bits per heavy atom. The van der Waals surface area contributed by atoms with Crippen molar-refractivity contribution in [3.05, 3.63) is 0 Å². The number of Topliss-reactive ketones (excluding diaryl/α,β-unsaturated/α-hetero) is 2. The molecule has 100 valence electrons. The van der Waals surface area contributed by atoms with Gasteiger partial charge >= 0.3 is 0 Å². The largest absolute Gasteiger partial charge is 0.377 e. The van der Waals surface area contributed by atoms with Gasteiger partial charge in [0, 0.05) is 12.5 Å². The zero-order chi connectivity index (χ0) is 12.8. The predicted molar refractivity (Wildman–Crippen MR) is 67.1 cm³/mol. The van der Waals surface area contributed by atoms with Gasteiger partial charge in [0.25, 0.3) is 0 Å². The van der Waals surface area contributed by atoms with Gasteiger partial charge in [-0.3, -0.25) is 9.59 Å². The predicted octanol–water partition coefficient (Wildman–Crippen LogP) is 2.38. The SMILES string of the molecule is COCC(=O)CC(=O)C12CC3CC(CC(C3)C1)C2. The molecule has 4 aliphatic carbocycles. The van der Waals surface area contributed by atoms with Crippen LogP contribution in [0.25, 0.3) is 0 Å². The molecule has 0 saturated heterocycles. The number of ether oxygens (including phenoxy) is 1. The molecule has 0 spiro atoms. The molecule has 0 unspecified atom stereocenters. The molecule has 3 heteroatoms. The van der Waals surface area contributed by atoms with Crippen molar-refractivity contribution in [1.82, 2.24) is 0 Å². The Kier molecular flexibility index (Phi) is 3.05. The normalized spacial score (nSPS) is 41.1. The smallest absolute Gasteiger partial charge is 0.165 e. The van der Waals surface area contributed by atoms with Gasteiger partial charge in [-0.05, 0) is 56.3 Å². The molecule has 4 fully saturated rings. The van der Waals surface area contributed by atoms with Crippen LogP contribution in [0.1, 0.15) is 44.9 Å². The van der Waals surface area contributed by atoms with Crippen LogP contribution in [0.5, 0.6) is 0 Å². The van der Waals surface area contributed by atoms with E-state index < -0.39 is 0 Å². The average Bonchev–Trinajstić information content (AvgIpc) is 2.27. The fourth-order valence-corrected chi connectivity index (χ4v) is 5.03. The van der Waals surface area contributed by atoms with Gasteiger partial charge in [-0.15, -0.1) is 0 Å². The Labute approximate surface area is 108 Å². The monoisotopic (exact) mass is 250 g/mol. The molecule has 0 aromatic carbocycles. The summed E-state index contributed by atoms with van der Waals surface area (Å²) in [6.45, 7) is 0.0815. The second-order valence-electron chi connectivity index (χ2n) is 6.77. The molecule has 4 saturated carbocycles. The molecule has 0 aliphatic heterocycles. The maximum absolute atomic E-state index is 12.5. The molecular formula is C15H22O3. The summed E-state index contributed by atoms with van der Waals surface area (Å²) in [6, 6.07) is 0. The van der Waals surface area contributed by atoms with Crippen LogP contribution in [-0.2, 0) is 14.3 Å². The summed E-state index contributed by atoms with van der Waals surface area (Å²) in [6.07, 6.45) is 7.25. The minimum absolute atomic E-state index is 0.0572. The Balaban J connectivity index is 1.71. The van der Waals surface area contributed by atoms with Gasteiger partial charge in [-0.25, -0.2) is 0 Å². The maximum atomic E-state index is 12.5. The van der Waals surface area contributed by atoms with Crippen LogP contribution in [0.4, 0.5) is 0 Å². The van der Waals surface area contributed by atoms with Crippen molar-refractivity contribution in [3.63, 3.8) is 0 Å². The lowest BCUT2D eigenvalue weighted by Gasteiger charge is -2.56. The molecule has 18 heavy (non-hydrogen) atoms. The number of rotatable bonds is 5. The van der Waals surface area contributed by atoms with E-state index in [0.717, 1.165) is 37.0 Å². The van der Waals surface area contributed by atoms with E-state index in [0.29, 0.717) is 0 Å². The molecule has 0 aromatic heterocycles. The third kappa shape index (κ3) is 2.03. The molecule has 3 nitrogen and oxygen atoms in total. The zero-order valence-electron chi connectivity index (χ0n) is 11.1. The van der Waals surface area contributed by atoms with Crippen LogP contribution in [0, 0.1) is 23.2 Å². The van der Waals surface area contributed by atoms with Gasteiger partial charge in [-0.1, -0.05) is 0 Å². The summed E-state index contributed by atoms with van der Waals surface area (Å²) in [5.74, 6) is 2.44. The van der Waals surface area contributed by atoms with Gasteiger partial charge in [0.15, 0.2) is 5.78 Å². The van der Waals surface area contributed by atoms with Crippen molar-refractivity contribution < 1.29 is 14.3 Å². The van der Waals surface area contributed by atoms with Gasteiger partial charge < -0.3 is 4.74 Å². The van der Waals surface area contributed by atoms with Gasteiger partial charge in [0.2, 0.25) is 0 Å². The maximum Gasteiger partial charge on any atom is 0.165 e. The summed E-state index contributed by atoms with van der Waals surface area (Å²) in [5, 5.41) is 0. The standard InChI is InChI=1S/C15H22O3/c1-18-9-13(16)5-14(17)15-6-10-2-11(7-15)4-12(3-10)8-15/h10-12H,2-9H2,1H3.